The first kappa shape index (κ1) is 16.7. The van der Waals surface area contributed by atoms with E-state index in [4.69, 9.17) is 4.74 Å². The van der Waals surface area contributed by atoms with Crippen LogP contribution < -0.4 is 0 Å². The molecule has 0 saturated heterocycles. The number of hydrogen-bond acceptors (Lipinski definition) is 3. The van der Waals surface area contributed by atoms with E-state index in [1.165, 1.54) is 0 Å². The quantitative estimate of drug-likeness (QED) is 0.308. The molecule has 4 heteroatoms. The Balaban J connectivity index is 1.61. The van der Waals surface area contributed by atoms with E-state index < -0.39 is 5.97 Å². The summed E-state index contributed by atoms with van der Waals surface area (Å²) in [6, 6.07) is 25.8. The summed E-state index contributed by atoms with van der Waals surface area (Å²) in [6.07, 6.45) is 1.75. The Labute approximate surface area is 165 Å². The largest absolute Gasteiger partial charge is 0.402 e. The average molecular weight is 451 g/mol. The molecule has 0 bridgehead atoms. The van der Waals surface area contributed by atoms with Crippen molar-refractivity contribution in [1.82, 2.24) is 0 Å². The maximum absolute atomic E-state index is 12.1. The van der Waals surface area contributed by atoms with Crippen molar-refractivity contribution in [3.8, 4) is 11.1 Å². The monoisotopic (exact) mass is 451 g/mol. The van der Waals surface area contributed by atoms with Crippen LogP contribution in [0.2, 0.25) is 0 Å². The Morgan fingerprint density at radius 3 is 2.23 bits per heavy atom. The molecular weight excluding hydrogens is 437 g/mol. The highest BCUT2D eigenvalue weighted by molar-refractivity contribution is 14.1. The van der Waals surface area contributed by atoms with Gasteiger partial charge in [0.15, 0.2) is 5.70 Å². The third-order valence-corrected chi connectivity index (χ3v) is 4.68. The van der Waals surface area contributed by atoms with Crippen LogP contribution in [0.15, 0.2) is 89.6 Å². The molecule has 0 spiro atoms. The second-order valence-electron chi connectivity index (χ2n) is 5.83. The Kier molecular flexibility index (Phi) is 4.67. The van der Waals surface area contributed by atoms with Crippen molar-refractivity contribution in [1.29, 1.82) is 0 Å². The number of ether oxygens (including phenoxy) is 1. The number of nitrogens with zero attached hydrogens (tertiary/aromatic N) is 1. The van der Waals surface area contributed by atoms with Crippen LogP contribution in [0, 0.1) is 3.57 Å². The predicted octanol–water partition coefficient (Wildman–Crippen LogP) is 5.30. The van der Waals surface area contributed by atoms with E-state index in [-0.39, 0.29) is 0 Å². The average Bonchev–Trinajstić information content (AvgIpc) is 3.03. The maximum Gasteiger partial charge on any atom is 0.363 e. The fourth-order valence-electron chi connectivity index (χ4n) is 2.72. The highest BCUT2D eigenvalue weighted by Gasteiger charge is 2.24. The summed E-state index contributed by atoms with van der Waals surface area (Å²) in [5.41, 5.74) is 4.27. The molecule has 1 aliphatic heterocycles. The van der Waals surface area contributed by atoms with Gasteiger partial charge in [-0.25, -0.2) is 9.79 Å². The van der Waals surface area contributed by atoms with E-state index in [9.17, 15) is 4.79 Å². The molecule has 0 radical (unpaired) electrons. The molecule has 0 N–H and O–H groups in total. The molecule has 0 saturated carbocycles. The van der Waals surface area contributed by atoms with Gasteiger partial charge in [-0.3, -0.25) is 0 Å². The van der Waals surface area contributed by atoms with Crippen LogP contribution in [0.25, 0.3) is 17.2 Å². The zero-order valence-electron chi connectivity index (χ0n) is 13.7. The highest BCUT2D eigenvalue weighted by Crippen LogP contribution is 2.23. The van der Waals surface area contributed by atoms with Gasteiger partial charge < -0.3 is 4.74 Å². The van der Waals surface area contributed by atoms with Crippen molar-refractivity contribution in [2.24, 2.45) is 4.99 Å². The van der Waals surface area contributed by atoms with E-state index in [2.05, 4.69) is 39.7 Å². The normalized spacial score (nSPS) is 15.0. The van der Waals surface area contributed by atoms with E-state index in [0.717, 1.165) is 25.8 Å². The van der Waals surface area contributed by atoms with Crippen LogP contribution in [-0.2, 0) is 9.53 Å². The number of carbonyl (C=O) groups excluding carboxylic acids is 1. The molecule has 0 aliphatic carbocycles. The Morgan fingerprint density at radius 2 is 1.50 bits per heavy atom. The van der Waals surface area contributed by atoms with Crippen molar-refractivity contribution >= 4 is 40.5 Å². The summed E-state index contributed by atoms with van der Waals surface area (Å²) in [6.45, 7) is 0. The molecule has 26 heavy (non-hydrogen) atoms. The van der Waals surface area contributed by atoms with Crippen molar-refractivity contribution in [2.45, 2.75) is 0 Å². The lowest BCUT2D eigenvalue weighted by Gasteiger charge is -2.03. The summed E-state index contributed by atoms with van der Waals surface area (Å²) in [4.78, 5) is 16.5. The lowest BCUT2D eigenvalue weighted by atomic mass is 10.0. The third kappa shape index (κ3) is 3.60. The molecule has 126 valence electrons. The lowest BCUT2D eigenvalue weighted by molar-refractivity contribution is -0.129. The first-order valence-electron chi connectivity index (χ1n) is 8.13. The zero-order chi connectivity index (χ0) is 17.9. The standard InChI is InChI=1S/C22H14INO2/c23-19-8-4-5-15(13-19)14-20-22(25)26-21(24-20)18-11-9-17(10-12-18)16-6-2-1-3-7-16/h1-14H/b20-14-. The maximum atomic E-state index is 12.1. The van der Waals surface area contributed by atoms with Gasteiger partial charge in [-0.2, -0.15) is 0 Å². The summed E-state index contributed by atoms with van der Waals surface area (Å²) in [5, 5.41) is 0. The summed E-state index contributed by atoms with van der Waals surface area (Å²) in [7, 11) is 0. The smallest absolute Gasteiger partial charge is 0.363 e. The lowest BCUT2D eigenvalue weighted by Crippen LogP contribution is -2.05. The number of cyclic esters (lactones) is 1. The van der Waals surface area contributed by atoms with Crippen molar-refractivity contribution < 1.29 is 9.53 Å². The van der Waals surface area contributed by atoms with Crippen LogP contribution in [0.1, 0.15) is 11.1 Å². The third-order valence-electron chi connectivity index (χ3n) is 4.01. The van der Waals surface area contributed by atoms with E-state index in [1.807, 2.05) is 66.7 Å². The van der Waals surface area contributed by atoms with Crippen LogP contribution in [0.4, 0.5) is 0 Å². The predicted molar refractivity (Wildman–Crippen MR) is 112 cm³/mol. The van der Waals surface area contributed by atoms with Gasteiger partial charge in [0, 0.05) is 9.13 Å². The van der Waals surface area contributed by atoms with Gasteiger partial charge in [0.25, 0.3) is 0 Å². The number of carbonyl (C=O) groups is 1. The number of rotatable bonds is 3. The first-order valence-corrected chi connectivity index (χ1v) is 9.21. The minimum atomic E-state index is -0.425. The molecule has 1 aliphatic rings. The van der Waals surface area contributed by atoms with E-state index in [1.54, 1.807) is 6.08 Å². The zero-order valence-corrected chi connectivity index (χ0v) is 15.9. The molecule has 0 amide bonds. The molecular formula is C22H14INO2. The SMILES string of the molecule is O=C1OC(c2ccc(-c3ccccc3)cc2)=N/C1=C\c1cccc(I)c1. The Hall–Kier alpha value is -2.73. The molecule has 3 aromatic carbocycles. The second kappa shape index (κ2) is 7.25. The minimum Gasteiger partial charge on any atom is -0.402 e. The van der Waals surface area contributed by atoms with Crippen LogP contribution in [0.3, 0.4) is 0 Å². The first-order chi connectivity index (χ1) is 12.7. The van der Waals surface area contributed by atoms with Crippen molar-refractivity contribution in [3.05, 3.63) is 99.3 Å². The van der Waals surface area contributed by atoms with Crippen LogP contribution >= 0.6 is 22.6 Å². The molecule has 0 fully saturated rings. The van der Waals surface area contributed by atoms with Gasteiger partial charge in [-0.1, -0.05) is 54.6 Å². The number of esters is 1. The van der Waals surface area contributed by atoms with Crippen LogP contribution in [-0.4, -0.2) is 11.9 Å². The van der Waals surface area contributed by atoms with Gasteiger partial charge >= 0.3 is 5.97 Å². The highest BCUT2D eigenvalue weighted by atomic mass is 127. The Bertz CT molecular complexity index is 1020. The molecule has 0 aromatic heterocycles. The number of hydrogen-bond donors (Lipinski definition) is 0. The summed E-state index contributed by atoms with van der Waals surface area (Å²) in [5.74, 6) is -0.0857. The topological polar surface area (TPSA) is 38.7 Å². The fraction of sp³-hybridized carbons (Fsp3) is 0. The fourth-order valence-corrected chi connectivity index (χ4v) is 3.29. The summed E-state index contributed by atoms with van der Waals surface area (Å²) >= 11 is 2.24. The minimum absolute atomic E-state index is 0.314. The molecule has 4 rings (SSSR count). The molecule has 3 aromatic rings. The molecule has 0 unspecified atom stereocenters. The van der Waals surface area contributed by atoms with Gasteiger partial charge in [0.1, 0.15) is 0 Å². The number of benzene rings is 3. The van der Waals surface area contributed by atoms with Gasteiger partial charge in [-0.15, -0.1) is 0 Å². The van der Waals surface area contributed by atoms with Crippen LogP contribution in [0.5, 0.6) is 0 Å². The second-order valence-corrected chi connectivity index (χ2v) is 7.08. The number of aliphatic imine (C=N–C) groups is 1. The van der Waals surface area contributed by atoms with E-state index >= 15 is 0 Å². The van der Waals surface area contributed by atoms with Gasteiger partial charge in [-0.05, 0) is 69.6 Å². The molecule has 0 atom stereocenters. The molecule has 1 heterocycles. The molecule has 3 nitrogen and oxygen atoms in total. The van der Waals surface area contributed by atoms with Gasteiger partial charge in [0.2, 0.25) is 5.90 Å². The number of halogens is 1. The van der Waals surface area contributed by atoms with Gasteiger partial charge in [0.05, 0.1) is 0 Å². The van der Waals surface area contributed by atoms with Crippen molar-refractivity contribution in [3.63, 3.8) is 0 Å². The van der Waals surface area contributed by atoms with Crippen molar-refractivity contribution in [2.75, 3.05) is 0 Å². The van der Waals surface area contributed by atoms with E-state index in [0.29, 0.717) is 11.6 Å². The summed E-state index contributed by atoms with van der Waals surface area (Å²) < 4.78 is 6.45. The Morgan fingerprint density at radius 1 is 0.808 bits per heavy atom.